The number of anilines is 1. The number of halogens is 1. The SMILES string of the molecule is CC(=O)c1cccc(NC(=O)[C@H](C)NC(=O)c2ccccc2Cl)c1. The van der Waals surface area contributed by atoms with Gasteiger partial charge < -0.3 is 10.6 Å². The molecule has 2 N–H and O–H groups in total. The summed E-state index contributed by atoms with van der Waals surface area (Å²) in [6, 6.07) is 12.4. The van der Waals surface area contributed by atoms with Crippen LogP contribution in [-0.2, 0) is 4.79 Å². The van der Waals surface area contributed by atoms with Crippen molar-refractivity contribution in [2.24, 2.45) is 0 Å². The maximum absolute atomic E-state index is 12.2. The van der Waals surface area contributed by atoms with Crippen LogP contribution in [0.1, 0.15) is 34.6 Å². The Labute approximate surface area is 145 Å². The third-order valence-corrected chi connectivity index (χ3v) is 3.73. The molecule has 2 aromatic rings. The van der Waals surface area contributed by atoms with E-state index in [1.165, 1.54) is 6.92 Å². The van der Waals surface area contributed by atoms with E-state index in [1.807, 2.05) is 0 Å². The van der Waals surface area contributed by atoms with E-state index in [0.717, 1.165) is 0 Å². The van der Waals surface area contributed by atoms with E-state index in [-0.39, 0.29) is 5.78 Å². The highest BCUT2D eigenvalue weighted by atomic mass is 35.5. The molecule has 0 saturated heterocycles. The molecule has 0 saturated carbocycles. The number of benzene rings is 2. The lowest BCUT2D eigenvalue weighted by atomic mass is 10.1. The molecule has 0 aliphatic carbocycles. The topological polar surface area (TPSA) is 75.3 Å². The molecule has 2 amide bonds. The Morgan fingerprint density at radius 3 is 2.42 bits per heavy atom. The fraction of sp³-hybridized carbons (Fsp3) is 0.167. The normalized spacial score (nSPS) is 11.5. The van der Waals surface area contributed by atoms with Crippen LogP contribution in [0.5, 0.6) is 0 Å². The molecular weight excluding hydrogens is 328 g/mol. The van der Waals surface area contributed by atoms with Gasteiger partial charge in [-0.15, -0.1) is 0 Å². The number of carbonyl (C=O) groups is 3. The van der Waals surface area contributed by atoms with Crippen molar-refractivity contribution in [2.75, 3.05) is 5.32 Å². The Hall–Kier alpha value is -2.66. The van der Waals surface area contributed by atoms with E-state index >= 15 is 0 Å². The van der Waals surface area contributed by atoms with E-state index < -0.39 is 17.9 Å². The number of hydrogen-bond acceptors (Lipinski definition) is 3. The molecule has 5 nitrogen and oxygen atoms in total. The van der Waals surface area contributed by atoms with Crippen LogP contribution < -0.4 is 10.6 Å². The van der Waals surface area contributed by atoms with Crippen molar-refractivity contribution in [1.29, 1.82) is 0 Å². The Bertz CT molecular complexity index is 789. The van der Waals surface area contributed by atoms with Gasteiger partial charge in [0.2, 0.25) is 5.91 Å². The lowest BCUT2D eigenvalue weighted by Gasteiger charge is -2.15. The highest BCUT2D eigenvalue weighted by molar-refractivity contribution is 6.33. The van der Waals surface area contributed by atoms with Gasteiger partial charge in [-0.25, -0.2) is 0 Å². The van der Waals surface area contributed by atoms with Crippen LogP contribution in [0.2, 0.25) is 5.02 Å². The molecule has 0 fully saturated rings. The number of amides is 2. The van der Waals surface area contributed by atoms with Gasteiger partial charge in [0.25, 0.3) is 5.91 Å². The van der Waals surface area contributed by atoms with Gasteiger partial charge in [-0.1, -0.05) is 35.9 Å². The summed E-state index contributed by atoms with van der Waals surface area (Å²) in [7, 11) is 0. The predicted molar refractivity (Wildman–Crippen MR) is 93.5 cm³/mol. The van der Waals surface area contributed by atoms with Crippen molar-refractivity contribution >= 4 is 34.9 Å². The Balaban J connectivity index is 2.02. The number of rotatable bonds is 5. The quantitative estimate of drug-likeness (QED) is 0.817. The molecule has 0 aromatic heterocycles. The summed E-state index contributed by atoms with van der Waals surface area (Å²) in [6.07, 6.45) is 0. The maximum Gasteiger partial charge on any atom is 0.253 e. The molecule has 0 bridgehead atoms. The highest BCUT2D eigenvalue weighted by Crippen LogP contribution is 2.15. The standard InChI is InChI=1S/C18H17ClN2O3/c1-11(20-18(24)15-8-3-4-9-16(15)19)17(23)21-14-7-5-6-13(10-14)12(2)22/h3-11H,1-2H3,(H,20,24)(H,21,23)/t11-/m0/s1. The first kappa shape index (κ1) is 17.7. The van der Waals surface area contributed by atoms with E-state index in [9.17, 15) is 14.4 Å². The maximum atomic E-state index is 12.2. The first-order valence-electron chi connectivity index (χ1n) is 7.35. The largest absolute Gasteiger partial charge is 0.340 e. The average molecular weight is 345 g/mol. The summed E-state index contributed by atoms with van der Waals surface area (Å²) in [5.74, 6) is -0.914. The molecule has 24 heavy (non-hydrogen) atoms. The Morgan fingerprint density at radius 2 is 1.75 bits per heavy atom. The van der Waals surface area contributed by atoms with Crippen molar-refractivity contribution in [1.82, 2.24) is 5.32 Å². The van der Waals surface area contributed by atoms with Crippen LogP contribution in [0.15, 0.2) is 48.5 Å². The van der Waals surface area contributed by atoms with E-state index in [4.69, 9.17) is 11.6 Å². The van der Waals surface area contributed by atoms with Gasteiger partial charge in [-0.05, 0) is 38.1 Å². The number of carbonyl (C=O) groups excluding carboxylic acids is 3. The molecule has 2 rings (SSSR count). The van der Waals surface area contributed by atoms with Crippen molar-refractivity contribution in [2.45, 2.75) is 19.9 Å². The highest BCUT2D eigenvalue weighted by Gasteiger charge is 2.18. The first-order chi connectivity index (χ1) is 11.4. The second-order valence-corrected chi connectivity index (χ2v) is 5.71. The van der Waals surface area contributed by atoms with Crippen LogP contribution in [-0.4, -0.2) is 23.6 Å². The summed E-state index contributed by atoms with van der Waals surface area (Å²) in [5.41, 5.74) is 1.30. The molecule has 2 aromatic carbocycles. The minimum Gasteiger partial charge on any atom is -0.340 e. The van der Waals surface area contributed by atoms with Crippen molar-refractivity contribution in [3.63, 3.8) is 0 Å². The monoisotopic (exact) mass is 344 g/mol. The Kier molecular flexibility index (Phi) is 5.71. The van der Waals surface area contributed by atoms with Crippen LogP contribution in [0.3, 0.4) is 0 Å². The van der Waals surface area contributed by atoms with Crippen LogP contribution >= 0.6 is 11.6 Å². The molecule has 0 unspecified atom stereocenters. The molecular formula is C18H17ClN2O3. The van der Waals surface area contributed by atoms with E-state index in [2.05, 4.69) is 10.6 Å². The van der Waals surface area contributed by atoms with Gasteiger partial charge in [-0.3, -0.25) is 14.4 Å². The third kappa shape index (κ3) is 4.43. The Morgan fingerprint density at radius 1 is 1.04 bits per heavy atom. The van der Waals surface area contributed by atoms with E-state index in [1.54, 1.807) is 55.5 Å². The zero-order valence-electron chi connectivity index (χ0n) is 13.3. The summed E-state index contributed by atoms with van der Waals surface area (Å²) in [4.78, 5) is 35.7. The van der Waals surface area contributed by atoms with Crippen molar-refractivity contribution in [3.05, 3.63) is 64.7 Å². The summed E-state index contributed by atoms with van der Waals surface area (Å²) in [5, 5.41) is 5.58. The van der Waals surface area contributed by atoms with Gasteiger partial charge >= 0.3 is 0 Å². The number of ketones is 1. The van der Waals surface area contributed by atoms with Crippen LogP contribution in [0, 0.1) is 0 Å². The second-order valence-electron chi connectivity index (χ2n) is 5.30. The molecule has 0 aliphatic heterocycles. The first-order valence-corrected chi connectivity index (χ1v) is 7.73. The molecule has 124 valence electrons. The van der Waals surface area contributed by atoms with Gasteiger partial charge in [0.1, 0.15) is 6.04 Å². The summed E-state index contributed by atoms with van der Waals surface area (Å²) in [6.45, 7) is 3.02. The smallest absolute Gasteiger partial charge is 0.253 e. The third-order valence-electron chi connectivity index (χ3n) is 3.40. The second kappa shape index (κ2) is 7.75. The molecule has 1 atom stereocenters. The minimum absolute atomic E-state index is 0.0915. The fourth-order valence-electron chi connectivity index (χ4n) is 2.05. The lowest BCUT2D eigenvalue weighted by molar-refractivity contribution is -0.117. The van der Waals surface area contributed by atoms with Crippen molar-refractivity contribution < 1.29 is 14.4 Å². The zero-order chi connectivity index (χ0) is 17.7. The lowest BCUT2D eigenvalue weighted by Crippen LogP contribution is -2.41. The van der Waals surface area contributed by atoms with Gasteiger partial charge in [-0.2, -0.15) is 0 Å². The van der Waals surface area contributed by atoms with E-state index in [0.29, 0.717) is 21.8 Å². The number of nitrogens with one attached hydrogen (secondary N) is 2. The molecule has 0 radical (unpaired) electrons. The molecule has 6 heteroatoms. The van der Waals surface area contributed by atoms with Gasteiger partial charge in [0, 0.05) is 11.3 Å². The zero-order valence-corrected chi connectivity index (χ0v) is 14.1. The van der Waals surface area contributed by atoms with Crippen LogP contribution in [0.4, 0.5) is 5.69 Å². The molecule has 0 heterocycles. The molecule has 0 aliphatic rings. The van der Waals surface area contributed by atoms with Crippen LogP contribution in [0.25, 0.3) is 0 Å². The van der Waals surface area contributed by atoms with Crippen molar-refractivity contribution in [3.8, 4) is 0 Å². The van der Waals surface area contributed by atoms with Gasteiger partial charge in [0.15, 0.2) is 5.78 Å². The number of hydrogen-bond donors (Lipinski definition) is 2. The number of Topliss-reactive ketones (excluding diaryl/α,β-unsaturated/α-hetero) is 1. The fourth-order valence-corrected chi connectivity index (χ4v) is 2.27. The minimum atomic E-state index is -0.769. The summed E-state index contributed by atoms with van der Waals surface area (Å²) < 4.78 is 0. The average Bonchev–Trinajstić information content (AvgIpc) is 2.55. The molecule has 0 spiro atoms. The summed E-state index contributed by atoms with van der Waals surface area (Å²) >= 11 is 5.97. The van der Waals surface area contributed by atoms with Gasteiger partial charge in [0.05, 0.1) is 10.6 Å². The predicted octanol–water partition coefficient (Wildman–Crippen LogP) is 3.30.